The third kappa shape index (κ3) is 2.51. The zero-order valence-electron chi connectivity index (χ0n) is 13.1. The van der Waals surface area contributed by atoms with Crippen LogP contribution in [0.25, 0.3) is 0 Å². The molecule has 116 valence electrons. The summed E-state index contributed by atoms with van der Waals surface area (Å²) in [5.41, 5.74) is 5.64. The largest absolute Gasteiger partial charge is 0.495 e. The molecule has 2 unspecified atom stereocenters. The number of benzene rings is 1. The van der Waals surface area contributed by atoms with Crippen molar-refractivity contribution in [3.63, 3.8) is 0 Å². The number of carbonyl (C=O) groups is 1. The summed E-state index contributed by atoms with van der Waals surface area (Å²) in [5, 5.41) is 2.88. The predicted octanol–water partition coefficient (Wildman–Crippen LogP) is 2.17. The Morgan fingerprint density at radius 2 is 2.10 bits per heavy atom. The highest BCUT2D eigenvalue weighted by Gasteiger charge is 2.62. The van der Waals surface area contributed by atoms with Crippen LogP contribution in [0.5, 0.6) is 5.75 Å². The van der Waals surface area contributed by atoms with Gasteiger partial charge in [0.2, 0.25) is 5.91 Å². The first-order valence-corrected chi connectivity index (χ1v) is 7.21. The molecule has 0 spiro atoms. The van der Waals surface area contributed by atoms with Gasteiger partial charge in [0, 0.05) is 18.4 Å². The minimum absolute atomic E-state index is 0.0101. The van der Waals surface area contributed by atoms with Crippen LogP contribution in [-0.4, -0.2) is 31.3 Å². The zero-order chi connectivity index (χ0) is 15.7. The lowest BCUT2D eigenvalue weighted by atomic mass is 9.54. The van der Waals surface area contributed by atoms with Crippen LogP contribution in [0.3, 0.4) is 0 Å². The maximum absolute atomic E-state index is 12.6. The Kier molecular flexibility index (Phi) is 4.25. The summed E-state index contributed by atoms with van der Waals surface area (Å²) in [6.45, 7) is 6.51. The van der Waals surface area contributed by atoms with Crippen molar-refractivity contribution in [2.75, 3.05) is 19.0 Å². The van der Waals surface area contributed by atoms with E-state index in [4.69, 9.17) is 15.2 Å². The first-order valence-electron chi connectivity index (χ1n) is 7.21. The average Bonchev–Trinajstić information content (AvgIpc) is 2.47. The molecule has 1 aliphatic carbocycles. The van der Waals surface area contributed by atoms with Gasteiger partial charge in [0.05, 0.1) is 18.9 Å². The van der Waals surface area contributed by atoms with Gasteiger partial charge in [0.25, 0.3) is 0 Å². The van der Waals surface area contributed by atoms with Crippen molar-refractivity contribution in [3.8, 4) is 5.75 Å². The van der Waals surface area contributed by atoms with Gasteiger partial charge in [-0.15, -0.1) is 0 Å². The summed E-state index contributed by atoms with van der Waals surface area (Å²) in [7, 11) is 1.57. The molecule has 5 heteroatoms. The number of methoxy groups -OCH3 is 1. The van der Waals surface area contributed by atoms with Gasteiger partial charge >= 0.3 is 0 Å². The molecule has 21 heavy (non-hydrogen) atoms. The number of hydrogen-bond acceptors (Lipinski definition) is 4. The Morgan fingerprint density at radius 1 is 1.43 bits per heavy atom. The normalized spacial score (nSPS) is 26.8. The lowest BCUT2D eigenvalue weighted by molar-refractivity contribution is -0.166. The number of rotatable bonds is 5. The Morgan fingerprint density at radius 3 is 2.67 bits per heavy atom. The van der Waals surface area contributed by atoms with Crippen molar-refractivity contribution in [2.24, 2.45) is 11.1 Å². The monoisotopic (exact) mass is 292 g/mol. The summed E-state index contributed by atoms with van der Waals surface area (Å²) in [4.78, 5) is 12.6. The molecule has 1 aromatic rings. The molecule has 0 radical (unpaired) electrons. The Hall–Kier alpha value is -1.59. The fraction of sp³-hybridized carbons (Fsp3) is 0.562. The van der Waals surface area contributed by atoms with Gasteiger partial charge in [0.1, 0.15) is 11.3 Å². The van der Waals surface area contributed by atoms with Crippen LogP contribution in [0.15, 0.2) is 24.3 Å². The van der Waals surface area contributed by atoms with Crippen molar-refractivity contribution in [1.29, 1.82) is 0 Å². The lowest BCUT2D eigenvalue weighted by Gasteiger charge is -2.57. The minimum atomic E-state index is -0.937. The second kappa shape index (κ2) is 5.66. The Labute approximate surface area is 125 Å². The Balaban J connectivity index is 2.14. The molecule has 1 aliphatic rings. The molecule has 0 bridgehead atoms. The predicted molar refractivity (Wildman–Crippen MR) is 82.4 cm³/mol. The summed E-state index contributed by atoms with van der Waals surface area (Å²) in [6.07, 6.45) is 0.533. The van der Waals surface area contributed by atoms with E-state index in [1.807, 2.05) is 32.9 Å². The van der Waals surface area contributed by atoms with Crippen LogP contribution in [0.1, 0.15) is 27.2 Å². The molecule has 1 aromatic carbocycles. The summed E-state index contributed by atoms with van der Waals surface area (Å²) in [5.74, 6) is 0.417. The number of hydrogen-bond donors (Lipinski definition) is 2. The van der Waals surface area contributed by atoms with Crippen LogP contribution >= 0.6 is 0 Å². The van der Waals surface area contributed by atoms with Crippen molar-refractivity contribution in [2.45, 2.75) is 38.8 Å². The maximum atomic E-state index is 12.6. The van der Waals surface area contributed by atoms with E-state index in [-0.39, 0.29) is 12.0 Å². The molecule has 2 atom stereocenters. The molecule has 0 aliphatic heterocycles. The lowest BCUT2D eigenvalue weighted by Crippen LogP contribution is -2.74. The number of amides is 1. The molecule has 2 rings (SSSR count). The topological polar surface area (TPSA) is 73.6 Å². The number of anilines is 1. The van der Waals surface area contributed by atoms with E-state index in [0.717, 1.165) is 0 Å². The van der Waals surface area contributed by atoms with E-state index in [1.54, 1.807) is 19.2 Å². The average molecular weight is 292 g/mol. The number of nitrogens with one attached hydrogen (secondary N) is 1. The van der Waals surface area contributed by atoms with E-state index in [0.29, 0.717) is 24.5 Å². The van der Waals surface area contributed by atoms with Gasteiger partial charge in [-0.25, -0.2) is 0 Å². The maximum Gasteiger partial charge on any atom is 0.245 e. The third-order valence-electron chi connectivity index (χ3n) is 4.59. The van der Waals surface area contributed by atoms with Crippen molar-refractivity contribution in [1.82, 2.24) is 0 Å². The number of para-hydroxylation sites is 2. The van der Waals surface area contributed by atoms with Gasteiger partial charge in [-0.1, -0.05) is 26.0 Å². The van der Waals surface area contributed by atoms with Crippen LogP contribution in [0.2, 0.25) is 0 Å². The first-order chi connectivity index (χ1) is 9.86. The number of carbonyl (C=O) groups excluding carboxylic acids is 1. The molecule has 0 heterocycles. The summed E-state index contributed by atoms with van der Waals surface area (Å²) >= 11 is 0. The molecular formula is C16H24N2O3. The molecule has 1 fully saturated rings. The summed E-state index contributed by atoms with van der Waals surface area (Å²) in [6, 6.07) is 7.29. The summed E-state index contributed by atoms with van der Waals surface area (Å²) < 4.78 is 10.9. The number of nitrogens with two attached hydrogens (primary N) is 1. The van der Waals surface area contributed by atoms with Crippen LogP contribution in [-0.2, 0) is 9.53 Å². The van der Waals surface area contributed by atoms with Crippen molar-refractivity contribution < 1.29 is 14.3 Å². The molecule has 0 aromatic heterocycles. The second-order valence-corrected chi connectivity index (χ2v) is 6.00. The highest BCUT2D eigenvalue weighted by molar-refractivity contribution is 6.00. The smallest absolute Gasteiger partial charge is 0.245 e. The highest BCUT2D eigenvalue weighted by Crippen LogP contribution is 2.50. The van der Waals surface area contributed by atoms with E-state index >= 15 is 0 Å². The van der Waals surface area contributed by atoms with Crippen LogP contribution < -0.4 is 15.8 Å². The van der Waals surface area contributed by atoms with Gasteiger partial charge in [0.15, 0.2) is 0 Å². The van der Waals surface area contributed by atoms with Crippen LogP contribution in [0.4, 0.5) is 5.69 Å². The van der Waals surface area contributed by atoms with Gasteiger partial charge in [-0.3, -0.25) is 4.79 Å². The highest BCUT2D eigenvalue weighted by atomic mass is 16.5. The quantitative estimate of drug-likeness (QED) is 0.872. The Bertz CT molecular complexity index is 530. The number of ether oxygens (including phenoxy) is 2. The van der Waals surface area contributed by atoms with E-state index < -0.39 is 11.0 Å². The van der Waals surface area contributed by atoms with E-state index in [1.165, 1.54) is 0 Å². The van der Waals surface area contributed by atoms with Crippen LogP contribution in [0, 0.1) is 5.41 Å². The molecule has 3 N–H and O–H groups in total. The zero-order valence-corrected chi connectivity index (χ0v) is 13.1. The first kappa shape index (κ1) is 15.8. The third-order valence-corrected chi connectivity index (χ3v) is 4.59. The van der Waals surface area contributed by atoms with Gasteiger partial charge < -0.3 is 20.5 Å². The van der Waals surface area contributed by atoms with Gasteiger partial charge in [-0.2, -0.15) is 0 Å². The van der Waals surface area contributed by atoms with Gasteiger partial charge in [-0.05, 0) is 19.1 Å². The molecule has 0 saturated heterocycles. The molecule has 1 saturated carbocycles. The van der Waals surface area contributed by atoms with E-state index in [2.05, 4.69) is 5.32 Å². The standard InChI is InChI=1S/C16H24N2O3/c1-5-21-13-10-16(17,15(13,2)3)14(19)18-11-8-6-7-9-12(11)20-4/h6-9,13H,5,10,17H2,1-4H3,(H,18,19). The van der Waals surface area contributed by atoms with Crippen molar-refractivity contribution in [3.05, 3.63) is 24.3 Å². The SMILES string of the molecule is CCOC1CC(N)(C(=O)Nc2ccccc2OC)C1(C)C. The molecule has 1 amide bonds. The second-order valence-electron chi connectivity index (χ2n) is 6.00. The van der Waals surface area contributed by atoms with Crippen molar-refractivity contribution >= 4 is 11.6 Å². The fourth-order valence-corrected chi connectivity index (χ4v) is 2.80. The molecule has 5 nitrogen and oxygen atoms in total. The minimum Gasteiger partial charge on any atom is -0.495 e. The van der Waals surface area contributed by atoms with E-state index in [9.17, 15) is 4.79 Å². The fourth-order valence-electron chi connectivity index (χ4n) is 2.80. The molecular weight excluding hydrogens is 268 g/mol.